The first-order chi connectivity index (χ1) is 14.8. The molecule has 0 bridgehead atoms. The number of nitrogen functional groups attached to an aromatic ring is 1. The van der Waals surface area contributed by atoms with E-state index in [-0.39, 0.29) is 5.95 Å². The molecule has 1 saturated heterocycles. The maximum absolute atomic E-state index is 5.89. The molecule has 5 rings (SSSR count). The van der Waals surface area contributed by atoms with E-state index in [0.29, 0.717) is 6.04 Å². The number of piperidine rings is 1. The maximum Gasteiger partial charge on any atom is 0.220 e. The van der Waals surface area contributed by atoms with Gasteiger partial charge in [-0.25, -0.2) is 15.0 Å². The lowest BCUT2D eigenvalue weighted by Gasteiger charge is -2.32. The van der Waals surface area contributed by atoms with Crippen molar-refractivity contribution in [3.63, 3.8) is 0 Å². The van der Waals surface area contributed by atoms with Gasteiger partial charge in [0.25, 0.3) is 0 Å². The van der Waals surface area contributed by atoms with E-state index in [4.69, 9.17) is 15.2 Å². The van der Waals surface area contributed by atoms with Gasteiger partial charge in [-0.15, -0.1) is 0 Å². The molecule has 8 heteroatoms. The Bertz CT molecular complexity index is 1100. The minimum absolute atomic E-state index is 0.265. The molecule has 0 amide bonds. The highest BCUT2D eigenvalue weighted by molar-refractivity contribution is 5.77. The molecule has 4 aromatic rings. The molecule has 0 spiro atoms. The van der Waals surface area contributed by atoms with E-state index < -0.39 is 0 Å². The lowest BCUT2D eigenvalue weighted by Crippen LogP contribution is -2.34. The molecule has 1 aromatic carbocycles. The van der Waals surface area contributed by atoms with Crippen LogP contribution in [0.3, 0.4) is 0 Å². The van der Waals surface area contributed by atoms with Crippen molar-refractivity contribution in [3.05, 3.63) is 66.9 Å². The van der Waals surface area contributed by atoms with Crippen LogP contribution in [0.25, 0.3) is 22.6 Å². The van der Waals surface area contributed by atoms with Gasteiger partial charge in [-0.1, -0.05) is 35.5 Å². The Balaban J connectivity index is 1.45. The van der Waals surface area contributed by atoms with Crippen LogP contribution in [0.15, 0.2) is 65.8 Å². The summed E-state index contributed by atoms with van der Waals surface area (Å²) < 4.78 is 7.22. The van der Waals surface area contributed by atoms with Gasteiger partial charge in [-0.3, -0.25) is 4.90 Å². The van der Waals surface area contributed by atoms with Crippen molar-refractivity contribution in [1.82, 2.24) is 29.6 Å². The van der Waals surface area contributed by atoms with Crippen LogP contribution in [0.4, 0.5) is 5.95 Å². The number of aromatic nitrogens is 5. The molecule has 30 heavy (non-hydrogen) atoms. The summed E-state index contributed by atoms with van der Waals surface area (Å²) in [5.74, 6) is 0.265. The Morgan fingerprint density at radius 1 is 1.03 bits per heavy atom. The van der Waals surface area contributed by atoms with E-state index in [2.05, 4.69) is 36.7 Å². The SMILES string of the molecule is Nc1nccc(-c2c(-c3ccccc3)ncn2C2CCN(Cc3ccon3)CC2)n1. The number of likely N-dealkylation sites (tertiary alicyclic amines) is 1. The lowest BCUT2D eigenvalue weighted by molar-refractivity contribution is 0.176. The average Bonchev–Trinajstić information content (AvgIpc) is 3.45. The Morgan fingerprint density at radius 2 is 1.87 bits per heavy atom. The predicted molar refractivity (Wildman–Crippen MR) is 113 cm³/mol. The zero-order chi connectivity index (χ0) is 20.3. The smallest absolute Gasteiger partial charge is 0.220 e. The normalized spacial score (nSPS) is 15.5. The molecule has 1 fully saturated rings. The molecule has 3 aromatic heterocycles. The van der Waals surface area contributed by atoms with Gasteiger partial charge >= 0.3 is 0 Å². The molecule has 0 atom stereocenters. The largest absolute Gasteiger partial charge is 0.368 e. The second-order valence-electron chi connectivity index (χ2n) is 7.51. The predicted octanol–water partition coefficient (Wildman–Crippen LogP) is 3.41. The molecule has 8 nitrogen and oxygen atoms in total. The fourth-order valence-electron chi connectivity index (χ4n) is 4.11. The van der Waals surface area contributed by atoms with Crippen LogP contribution in [-0.4, -0.2) is 42.7 Å². The zero-order valence-electron chi connectivity index (χ0n) is 16.6. The highest BCUT2D eigenvalue weighted by Gasteiger charge is 2.26. The maximum atomic E-state index is 5.89. The molecule has 0 radical (unpaired) electrons. The number of rotatable bonds is 5. The minimum Gasteiger partial charge on any atom is -0.368 e. The molecule has 0 saturated carbocycles. The topological polar surface area (TPSA) is 98.9 Å². The van der Waals surface area contributed by atoms with Crippen molar-refractivity contribution < 1.29 is 4.52 Å². The molecule has 0 aliphatic carbocycles. The quantitative estimate of drug-likeness (QED) is 0.547. The van der Waals surface area contributed by atoms with Crippen molar-refractivity contribution in [2.24, 2.45) is 0 Å². The summed E-state index contributed by atoms with van der Waals surface area (Å²) in [5.41, 5.74) is 10.6. The van der Waals surface area contributed by atoms with Crippen molar-refractivity contribution >= 4 is 5.95 Å². The number of hydrogen-bond acceptors (Lipinski definition) is 7. The monoisotopic (exact) mass is 401 g/mol. The number of nitrogens with zero attached hydrogens (tertiary/aromatic N) is 6. The Labute approximate surface area is 174 Å². The summed E-state index contributed by atoms with van der Waals surface area (Å²) in [4.78, 5) is 15.7. The number of benzene rings is 1. The molecule has 2 N–H and O–H groups in total. The molecule has 4 heterocycles. The number of nitrogens with two attached hydrogens (primary N) is 1. The molecule has 1 aliphatic heterocycles. The summed E-state index contributed by atoms with van der Waals surface area (Å²) in [5, 5.41) is 4.03. The van der Waals surface area contributed by atoms with E-state index in [1.54, 1.807) is 12.5 Å². The van der Waals surface area contributed by atoms with Gasteiger partial charge in [0.15, 0.2) is 0 Å². The summed E-state index contributed by atoms with van der Waals surface area (Å²) in [6.07, 6.45) is 7.31. The average molecular weight is 401 g/mol. The van der Waals surface area contributed by atoms with E-state index in [0.717, 1.165) is 60.8 Å². The van der Waals surface area contributed by atoms with Gasteiger partial charge in [0, 0.05) is 43.5 Å². The van der Waals surface area contributed by atoms with Gasteiger partial charge in [0.05, 0.1) is 29.1 Å². The summed E-state index contributed by atoms with van der Waals surface area (Å²) in [6.45, 7) is 2.79. The third kappa shape index (κ3) is 3.69. The summed E-state index contributed by atoms with van der Waals surface area (Å²) in [6, 6.07) is 14.4. The van der Waals surface area contributed by atoms with Crippen molar-refractivity contribution in [1.29, 1.82) is 0 Å². The van der Waals surface area contributed by atoms with Crippen LogP contribution in [0, 0.1) is 0 Å². The Morgan fingerprint density at radius 3 is 2.60 bits per heavy atom. The number of hydrogen-bond donors (Lipinski definition) is 1. The van der Waals surface area contributed by atoms with Crippen molar-refractivity contribution in [2.45, 2.75) is 25.4 Å². The summed E-state index contributed by atoms with van der Waals surface area (Å²) in [7, 11) is 0. The van der Waals surface area contributed by atoms with E-state index in [1.165, 1.54) is 0 Å². The second kappa shape index (κ2) is 8.08. The highest BCUT2D eigenvalue weighted by Crippen LogP contribution is 2.35. The van der Waals surface area contributed by atoms with E-state index >= 15 is 0 Å². The van der Waals surface area contributed by atoms with Crippen LogP contribution >= 0.6 is 0 Å². The van der Waals surface area contributed by atoms with Crippen LogP contribution in [-0.2, 0) is 6.54 Å². The molecular formula is C22H23N7O. The fraction of sp³-hybridized carbons (Fsp3) is 0.273. The first kappa shape index (κ1) is 18.5. The minimum atomic E-state index is 0.265. The fourth-order valence-corrected chi connectivity index (χ4v) is 4.11. The lowest BCUT2D eigenvalue weighted by atomic mass is 10.0. The van der Waals surface area contributed by atoms with Crippen LogP contribution in [0.2, 0.25) is 0 Å². The Hall–Kier alpha value is -3.52. The molecule has 0 unspecified atom stereocenters. The Kier molecular flexibility index (Phi) is 4.98. The van der Waals surface area contributed by atoms with Gasteiger partial charge in [0.1, 0.15) is 6.26 Å². The third-order valence-corrected chi connectivity index (χ3v) is 5.59. The van der Waals surface area contributed by atoms with Gasteiger partial charge in [0.2, 0.25) is 5.95 Å². The molecule has 152 valence electrons. The first-order valence-corrected chi connectivity index (χ1v) is 10.1. The first-order valence-electron chi connectivity index (χ1n) is 10.1. The van der Waals surface area contributed by atoms with Gasteiger partial charge in [-0.05, 0) is 18.9 Å². The molecule has 1 aliphatic rings. The highest BCUT2D eigenvalue weighted by atomic mass is 16.5. The standard InChI is InChI=1S/C22H23N7O/c23-22-24-10-6-19(26-22)21-20(16-4-2-1-3-5-16)25-15-29(21)18-7-11-28(12-8-18)14-17-9-13-30-27-17/h1-6,9-10,13,15,18H,7-8,11-12,14H2,(H2,23,24,26). The van der Waals surface area contributed by atoms with Gasteiger partial charge in [-0.2, -0.15) is 0 Å². The van der Waals surface area contributed by atoms with Gasteiger partial charge < -0.3 is 14.8 Å². The van der Waals surface area contributed by atoms with Crippen LogP contribution < -0.4 is 5.73 Å². The second-order valence-corrected chi connectivity index (χ2v) is 7.51. The number of imidazole rings is 1. The zero-order valence-corrected chi connectivity index (χ0v) is 16.6. The summed E-state index contributed by atoms with van der Waals surface area (Å²) >= 11 is 0. The van der Waals surface area contributed by atoms with Crippen molar-refractivity contribution in [2.75, 3.05) is 18.8 Å². The number of anilines is 1. The van der Waals surface area contributed by atoms with E-state index in [9.17, 15) is 0 Å². The van der Waals surface area contributed by atoms with Crippen molar-refractivity contribution in [3.8, 4) is 22.6 Å². The molecular weight excluding hydrogens is 378 g/mol. The van der Waals surface area contributed by atoms with Crippen LogP contribution in [0.5, 0.6) is 0 Å². The third-order valence-electron chi connectivity index (χ3n) is 5.59. The van der Waals surface area contributed by atoms with Crippen LogP contribution in [0.1, 0.15) is 24.6 Å². The van der Waals surface area contributed by atoms with E-state index in [1.807, 2.05) is 36.7 Å².